The van der Waals surface area contributed by atoms with Gasteiger partial charge in [-0.1, -0.05) is 6.92 Å². The Hall–Kier alpha value is -0.960. The molecule has 2 rings (SSSR count). The molecule has 114 valence electrons. The number of rotatable bonds is 5. The van der Waals surface area contributed by atoms with E-state index >= 15 is 0 Å². The van der Waals surface area contributed by atoms with Crippen molar-refractivity contribution in [1.82, 2.24) is 24.7 Å². The van der Waals surface area contributed by atoms with E-state index in [2.05, 4.69) is 20.4 Å². The molecule has 0 aliphatic carbocycles. The molecule has 2 heterocycles. The van der Waals surface area contributed by atoms with Crippen LogP contribution in [0.2, 0.25) is 0 Å². The summed E-state index contributed by atoms with van der Waals surface area (Å²) in [7, 11) is -1.47. The number of nitrogens with one attached hydrogen (secondary N) is 2. The van der Waals surface area contributed by atoms with Crippen LogP contribution >= 0.6 is 0 Å². The number of hydrogen-bond acceptors (Lipinski definition) is 5. The molecule has 7 nitrogen and oxygen atoms in total. The van der Waals surface area contributed by atoms with Crippen molar-refractivity contribution in [3.63, 3.8) is 0 Å². The number of aromatic nitrogens is 2. The van der Waals surface area contributed by atoms with Gasteiger partial charge in [-0.25, -0.2) is 8.42 Å². The van der Waals surface area contributed by atoms with E-state index in [9.17, 15) is 8.42 Å². The lowest BCUT2D eigenvalue weighted by Crippen LogP contribution is -2.52. The fourth-order valence-corrected chi connectivity index (χ4v) is 3.89. The zero-order valence-corrected chi connectivity index (χ0v) is 13.1. The molecule has 2 N–H and O–H groups in total. The molecule has 1 unspecified atom stereocenters. The number of sulfonamides is 1. The molecule has 1 fully saturated rings. The minimum Gasteiger partial charge on any atom is -0.313 e. The number of aromatic amines is 1. The second kappa shape index (κ2) is 6.21. The molecule has 0 amide bonds. The van der Waals surface area contributed by atoms with E-state index in [1.807, 2.05) is 20.9 Å². The summed E-state index contributed by atoms with van der Waals surface area (Å²) < 4.78 is 26.9. The van der Waals surface area contributed by atoms with E-state index in [1.54, 1.807) is 10.5 Å². The van der Waals surface area contributed by atoms with Crippen LogP contribution in [0.25, 0.3) is 0 Å². The largest absolute Gasteiger partial charge is 0.313 e. The first-order valence-corrected chi connectivity index (χ1v) is 8.34. The molecule has 1 saturated heterocycles. The van der Waals surface area contributed by atoms with E-state index in [0.717, 1.165) is 13.1 Å². The van der Waals surface area contributed by atoms with E-state index in [-0.39, 0.29) is 11.1 Å². The molecule has 0 aromatic carbocycles. The summed E-state index contributed by atoms with van der Waals surface area (Å²) in [6.45, 7) is 7.09. The number of likely N-dealkylation sites (N-methyl/N-ethyl adjacent to an activating group) is 1. The maximum Gasteiger partial charge on any atom is 0.260 e. The Balaban J connectivity index is 2.20. The first-order chi connectivity index (χ1) is 9.46. The zero-order chi connectivity index (χ0) is 14.8. The van der Waals surface area contributed by atoms with Crippen LogP contribution in [0.4, 0.5) is 0 Å². The number of nitrogens with zero attached hydrogens (tertiary/aromatic N) is 3. The van der Waals surface area contributed by atoms with Crippen LogP contribution in [-0.4, -0.2) is 67.1 Å². The van der Waals surface area contributed by atoms with Crippen molar-refractivity contribution in [3.8, 4) is 0 Å². The maximum atomic E-state index is 12.7. The Kier molecular flexibility index (Phi) is 4.79. The van der Waals surface area contributed by atoms with Gasteiger partial charge in [0.15, 0.2) is 5.03 Å². The lowest BCUT2D eigenvalue weighted by Gasteiger charge is -2.36. The fraction of sp³-hybridized carbons (Fsp3) is 0.750. The van der Waals surface area contributed by atoms with Crippen molar-refractivity contribution in [2.45, 2.75) is 31.5 Å². The second-order valence-corrected chi connectivity index (χ2v) is 7.07. The molecular weight excluding hydrogens is 278 g/mol. The van der Waals surface area contributed by atoms with Gasteiger partial charge in [0.2, 0.25) is 0 Å². The van der Waals surface area contributed by atoms with Gasteiger partial charge >= 0.3 is 0 Å². The third-order valence-electron chi connectivity index (χ3n) is 3.76. The van der Waals surface area contributed by atoms with Crippen molar-refractivity contribution in [2.24, 2.45) is 0 Å². The highest BCUT2D eigenvalue weighted by molar-refractivity contribution is 7.89. The molecule has 1 aromatic rings. The minimum atomic E-state index is -3.49. The van der Waals surface area contributed by atoms with E-state index in [4.69, 9.17) is 0 Å². The molecule has 0 radical (unpaired) electrons. The van der Waals surface area contributed by atoms with E-state index in [1.165, 1.54) is 0 Å². The topological polar surface area (TPSA) is 81.3 Å². The van der Waals surface area contributed by atoms with E-state index < -0.39 is 10.0 Å². The van der Waals surface area contributed by atoms with Crippen LogP contribution in [0.5, 0.6) is 0 Å². The molecule has 0 saturated carbocycles. The van der Waals surface area contributed by atoms with Crippen LogP contribution in [0.15, 0.2) is 11.2 Å². The Morgan fingerprint density at radius 1 is 1.50 bits per heavy atom. The SMILES string of the molecule is CCNCc1cn[nH]c1S(=O)(=O)N1CCN(C)C(C)C1. The van der Waals surface area contributed by atoms with Crippen LogP contribution in [-0.2, 0) is 16.6 Å². The van der Waals surface area contributed by atoms with Gasteiger partial charge < -0.3 is 10.2 Å². The first-order valence-electron chi connectivity index (χ1n) is 6.90. The number of hydrogen-bond donors (Lipinski definition) is 2. The number of piperazine rings is 1. The Morgan fingerprint density at radius 3 is 2.90 bits per heavy atom. The molecule has 0 spiro atoms. The molecule has 8 heteroatoms. The zero-order valence-electron chi connectivity index (χ0n) is 12.3. The average Bonchev–Trinajstić information content (AvgIpc) is 2.88. The van der Waals surface area contributed by atoms with Gasteiger partial charge in [-0.3, -0.25) is 5.10 Å². The van der Waals surface area contributed by atoms with Gasteiger partial charge in [0.25, 0.3) is 10.0 Å². The summed E-state index contributed by atoms with van der Waals surface area (Å²) in [5.41, 5.74) is 0.693. The summed E-state index contributed by atoms with van der Waals surface area (Å²) in [4.78, 5) is 2.17. The van der Waals surface area contributed by atoms with Crippen LogP contribution in [0.3, 0.4) is 0 Å². The smallest absolute Gasteiger partial charge is 0.260 e. The predicted molar refractivity (Wildman–Crippen MR) is 76.8 cm³/mol. The van der Waals surface area contributed by atoms with Gasteiger partial charge in [-0.15, -0.1) is 0 Å². The van der Waals surface area contributed by atoms with Crippen molar-refractivity contribution >= 4 is 10.0 Å². The first kappa shape index (κ1) is 15.4. The molecular formula is C12H23N5O2S. The van der Waals surface area contributed by atoms with E-state index in [0.29, 0.717) is 25.2 Å². The molecule has 20 heavy (non-hydrogen) atoms. The third kappa shape index (κ3) is 3.03. The quantitative estimate of drug-likeness (QED) is 0.790. The Bertz CT molecular complexity index is 542. The lowest BCUT2D eigenvalue weighted by atomic mass is 10.2. The van der Waals surface area contributed by atoms with Crippen molar-refractivity contribution in [1.29, 1.82) is 0 Å². The van der Waals surface area contributed by atoms with Crippen LogP contribution < -0.4 is 5.32 Å². The molecule has 1 aromatic heterocycles. The van der Waals surface area contributed by atoms with Gasteiger partial charge in [0.1, 0.15) is 0 Å². The van der Waals surface area contributed by atoms with Crippen LogP contribution in [0, 0.1) is 0 Å². The Labute approximate surface area is 120 Å². The highest BCUT2D eigenvalue weighted by Crippen LogP contribution is 2.20. The molecule has 0 bridgehead atoms. The monoisotopic (exact) mass is 301 g/mol. The third-order valence-corrected chi connectivity index (χ3v) is 5.64. The normalized spacial score (nSPS) is 22.2. The lowest BCUT2D eigenvalue weighted by molar-refractivity contribution is 0.159. The maximum absolute atomic E-state index is 12.7. The molecule has 1 aliphatic rings. The molecule has 1 atom stereocenters. The van der Waals surface area contributed by atoms with Crippen molar-refractivity contribution in [3.05, 3.63) is 11.8 Å². The highest BCUT2D eigenvalue weighted by atomic mass is 32.2. The van der Waals surface area contributed by atoms with Gasteiger partial charge in [0.05, 0.1) is 6.20 Å². The van der Waals surface area contributed by atoms with Crippen molar-refractivity contribution < 1.29 is 8.42 Å². The number of H-pyrrole nitrogens is 1. The highest BCUT2D eigenvalue weighted by Gasteiger charge is 2.33. The van der Waals surface area contributed by atoms with Crippen LogP contribution in [0.1, 0.15) is 19.4 Å². The Morgan fingerprint density at radius 2 is 2.25 bits per heavy atom. The second-order valence-electron chi connectivity index (χ2n) is 5.20. The minimum absolute atomic E-state index is 0.218. The fourth-order valence-electron chi connectivity index (χ4n) is 2.27. The van der Waals surface area contributed by atoms with Gasteiger partial charge in [-0.05, 0) is 20.5 Å². The summed E-state index contributed by atoms with van der Waals surface area (Å²) in [6.07, 6.45) is 1.58. The summed E-state index contributed by atoms with van der Waals surface area (Å²) in [5, 5.41) is 9.88. The van der Waals surface area contributed by atoms with Gasteiger partial charge in [-0.2, -0.15) is 9.40 Å². The van der Waals surface area contributed by atoms with Gasteiger partial charge in [0, 0.05) is 37.8 Å². The standard InChI is InChI=1S/C12H23N5O2S/c1-4-13-7-11-8-14-15-12(11)20(18,19)17-6-5-16(3)10(2)9-17/h8,10,13H,4-7,9H2,1-3H3,(H,14,15). The summed E-state index contributed by atoms with van der Waals surface area (Å²) in [6, 6.07) is 0.221. The predicted octanol–water partition coefficient (Wildman–Crippen LogP) is -0.156. The average molecular weight is 301 g/mol. The summed E-state index contributed by atoms with van der Waals surface area (Å²) in [5.74, 6) is 0. The summed E-state index contributed by atoms with van der Waals surface area (Å²) >= 11 is 0. The van der Waals surface area contributed by atoms with Crippen molar-refractivity contribution in [2.75, 3.05) is 33.2 Å². The molecule has 1 aliphatic heterocycles.